The molecule has 118 valence electrons. The highest BCUT2D eigenvalue weighted by Gasteiger charge is 2.17. The highest BCUT2D eigenvalue weighted by molar-refractivity contribution is 5.93. The Hall–Kier alpha value is -1.92. The number of imidazole rings is 1. The first-order chi connectivity index (χ1) is 10.6. The highest BCUT2D eigenvalue weighted by Crippen LogP contribution is 2.21. The number of nitrogens with zero attached hydrogens (tertiary/aromatic N) is 1. The van der Waals surface area contributed by atoms with Crippen molar-refractivity contribution in [3.8, 4) is 0 Å². The monoisotopic (exact) mass is 302 g/mol. The number of fused-ring (bicyclic) bond motifs is 1. The van der Waals surface area contributed by atoms with Crippen LogP contribution in [-0.4, -0.2) is 34.1 Å². The Balaban J connectivity index is 1.66. The lowest BCUT2D eigenvalue weighted by Crippen LogP contribution is -2.30. The van der Waals surface area contributed by atoms with Crippen molar-refractivity contribution in [2.24, 2.45) is 5.92 Å². The molecule has 4 N–H and O–H groups in total. The number of amides is 1. The van der Waals surface area contributed by atoms with E-state index >= 15 is 0 Å². The molecule has 1 aromatic heterocycles. The number of hydrogen-bond acceptors (Lipinski definition) is 4. The summed E-state index contributed by atoms with van der Waals surface area (Å²) in [6, 6.07) is 5.54. The van der Waals surface area contributed by atoms with Crippen molar-refractivity contribution in [3.05, 3.63) is 24.0 Å². The molecule has 1 atom stereocenters. The Morgan fingerprint density at radius 3 is 2.95 bits per heavy atom. The van der Waals surface area contributed by atoms with Gasteiger partial charge in [-0.25, -0.2) is 4.98 Å². The zero-order chi connectivity index (χ0) is 15.5. The molecule has 6 nitrogen and oxygen atoms in total. The molecule has 0 spiro atoms. The van der Waals surface area contributed by atoms with E-state index in [4.69, 9.17) is 0 Å². The van der Waals surface area contributed by atoms with Crippen LogP contribution in [0, 0.1) is 5.92 Å². The minimum absolute atomic E-state index is 0.0570. The normalized spacial score (nSPS) is 17.5. The van der Waals surface area contributed by atoms with E-state index in [0.717, 1.165) is 42.7 Å². The SMILES string of the molecule is CC(O)c1nc2ccc(NC(=O)CC3CCNCC3)cc2[nH]1. The van der Waals surface area contributed by atoms with Crippen molar-refractivity contribution in [3.63, 3.8) is 0 Å². The Bertz CT molecular complexity index is 659. The Morgan fingerprint density at radius 1 is 1.45 bits per heavy atom. The third-order valence-electron chi connectivity index (χ3n) is 4.11. The Kier molecular flexibility index (Phi) is 4.40. The number of aliphatic hydroxyl groups is 1. The summed E-state index contributed by atoms with van der Waals surface area (Å²) in [6.07, 6.45) is 2.06. The van der Waals surface area contributed by atoms with Crippen LogP contribution in [-0.2, 0) is 4.79 Å². The number of aromatic nitrogens is 2. The number of rotatable bonds is 4. The molecular weight excluding hydrogens is 280 g/mol. The maximum Gasteiger partial charge on any atom is 0.224 e. The second kappa shape index (κ2) is 6.46. The first kappa shape index (κ1) is 15.0. The molecule has 3 rings (SSSR count). The van der Waals surface area contributed by atoms with Gasteiger partial charge in [-0.1, -0.05) is 0 Å². The van der Waals surface area contributed by atoms with Crippen molar-refractivity contribution in [2.75, 3.05) is 18.4 Å². The van der Waals surface area contributed by atoms with Crippen molar-refractivity contribution >= 4 is 22.6 Å². The van der Waals surface area contributed by atoms with Crippen molar-refractivity contribution in [2.45, 2.75) is 32.3 Å². The summed E-state index contributed by atoms with van der Waals surface area (Å²) in [5, 5.41) is 15.8. The maximum atomic E-state index is 12.1. The fraction of sp³-hybridized carbons (Fsp3) is 0.500. The Morgan fingerprint density at radius 2 is 2.23 bits per heavy atom. The molecule has 0 saturated carbocycles. The van der Waals surface area contributed by atoms with Gasteiger partial charge in [0.05, 0.1) is 11.0 Å². The molecule has 0 bridgehead atoms. The number of anilines is 1. The van der Waals surface area contributed by atoms with E-state index < -0.39 is 6.10 Å². The number of aliphatic hydroxyl groups excluding tert-OH is 1. The zero-order valence-corrected chi connectivity index (χ0v) is 12.7. The molecule has 22 heavy (non-hydrogen) atoms. The van der Waals surface area contributed by atoms with Gasteiger partial charge in [0.2, 0.25) is 5.91 Å². The van der Waals surface area contributed by atoms with Crippen LogP contribution in [0.15, 0.2) is 18.2 Å². The second-order valence-corrected chi connectivity index (χ2v) is 5.98. The first-order valence-electron chi connectivity index (χ1n) is 7.80. The van der Waals surface area contributed by atoms with Crippen molar-refractivity contribution < 1.29 is 9.90 Å². The summed E-state index contributed by atoms with van der Waals surface area (Å²) < 4.78 is 0. The van der Waals surface area contributed by atoms with Crippen molar-refractivity contribution in [1.82, 2.24) is 15.3 Å². The average molecular weight is 302 g/mol. The average Bonchev–Trinajstić information content (AvgIpc) is 2.91. The highest BCUT2D eigenvalue weighted by atomic mass is 16.3. The van der Waals surface area contributed by atoms with Gasteiger partial charge in [0.15, 0.2) is 0 Å². The van der Waals surface area contributed by atoms with E-state index in [-0.39, 0.29) is 5.91 Å². The molecule has 0 aliphatic carbocycles. The van der Waals surface area contributed by atoms with Gasteiger partial charge in [-0.2, -0.15) is 0 Å². The molecule has 1 aromatic carbocycles. The lowest BCUT2D eigenvalue weighted by Gasteiger charge is -2.21. The van der Waals surface area contributed by atoms with Crippen LogP contribution in [0.1, 0.15) is 38.1 Å². The summed E-state index contributed by atoms with van der Waals surface area (Å²) in [7, 11) is 0. The quantitative estimate of drug-likeness (QED) is 0.695. The van der Waals surface area contributed by atoms with Gasteiger partial charge >= 0.3 is 0 Å². The third-order valence-corrected chi connectivity index (χ3v) is 4.11. The molecule has 6 heteroatoms. The van der Waals surface area contributed by atoms with Crippen LogP contribution in [0.4, 0.5) is 5.69 Å². The smallest absolute Gasteiger partial charge is 0.224 e. The molecule has 1 unspecified atom stereocenters. The van der Waals surface area contributed by atoms with Crippen LogP contribution >= 0.6 is 0 Å². The number of H-pyrrole nitrogens is 1. The number of carbonyl (C=O) groups is 1. The minimum atomic E-state index is -0.634. The van der Waals surface area contributed by atoms with Gasteiger partial charge in [0.25, 0.3) is 0 Å². The third kappa shape index (κ3) is 3.45. The van der Waals surface area contributed by atoms with E-state index in [0.29, 0.717) is 18.2 Å². The van der Waals surface area contributed by atoms with E-state index in [1.165, 1.54) is 0 Å². The van der Waals surface area contributed by atoms with Gasteiger partial charge in [-0.3, -0.25) is 4.79 Å². The van der Waals surface area contributed by atoms with Crippen LogP contribution in [0.25, 0.3) is 11.0 Å². The van der Waals surface area contributed by atoms with E-state index in [9.17, 15) is 9.90 Å². The largest absolute Gasteiger partial charge is 0.385 e. The molecular formula is C16H22N4O2. The standard InChI is InChI=1S/C16H22N4O2/c1-10(21)16-19-13-3-2-12(9-14(13)20-16)18-15(22)8-11-4-6-17-7-5-11/h2-3,9-11,17,21H,4-8H2,1H3,(H,18,22)(H,19,20). The number of nitrogens with one attached hydrogen (secondary N) is 3. The fourth-order valence-corrected chi connectivity index (χ4v) is 2.87. The van der Waals surface area contributed by atoms with Crippen LogP contribution in [0.5, 0.6) is 0 Å². The lowest BCUT2D eigenvalue weighted by molar-refractivity contribution is -0.117. The zero-order valence-electron chi connectivity index (χ0n) is 12.7. The van der Waals surface area contributed by atoms with E-state index in [1.54, 1.807) is 6.92 Å². The molecule has 0 radical (unpaired) electrons. The molecule has 1 aliphatic rings. The predicted molar refractivity (Wildman–Crippen MR) is 85.6 cm³/mol. The van der Waals surface area contributed by atoms with Crippen LogP contribution in [0.3, 0.4) is 0 Å². The molecule has 1 amide bonds. The van der Waals surface area contributed by atoms with Crippen LogP contribution in [0.2, 0.25) is 0 Å². The van der Waals surface area contributed by atoms with E-state index in [2.05, 4.69) is 20.6 Å². The lowest BCUT2D eigenvalue weighted by atomic mass is 9.94. The van der Waals surface area contributed by atoms with Gasteiger partial charge in [-0.05, 0) is 57.0 Å². The first-order valence-corrected chi connectivity index (χ1v) is 7.80. The molecule has 2 heterocycles. The number of aromatic amines is 1. The number of benzene rings is 1. The topological polar surface area (TPSA) is 90.0 Å². The maximum absolute atomic E-state index is 12.1. The second-order valence-electron chi connectivity index (χ2n) is 5.98. The molecule has 2 aromatic rings. The van der Waals surface area contributed by atoms with Gasteiger partial charge in [0.1, 0.15) is 11.9 Å². The van der Waals surface area contributed by atoms with E-state index in [1.807, 2.05) is 18.2 Å². The van der Waals surface area contributed by atoms with Gasteiger partial charge < -0.3 is 20.7 Å². The molecule has 1 saturated heterocycles. The molecule has 1 aliphatic heterocycles. The number of piperidine rings is 1. The summed E-state index contributed by atoms with van der Waals surface area (Å²) in [5.41, 5.74) is 2.36. The Labute approximate surface area is 129 Å². The van der Waals surface area contributed by atoms with Crippen LogP contribution < -0.4 is 10.6 Å². The summed E-state index contributed by atoms with van der Waals surface area (Å²) in [6.45, 7) is 3.67. The molecule has 1 fully saturated rings. The summed E-state index contributed by atoms with van der Waals surface area (Å²) in [5.74, 6) is 1.06. The fourth-order valence-electron chi connectivity index (χ4n) is 2.87. The van der Waals surface area contributed by atoms with Crippen molar-refractivity contribution in [1.29, 1.82) is 0 Å². The minimum Gasteiger partial charge on any atom is -0.385 e. The predicted octanol–water partition coefficient (Wildman–Crippen LogP) is 1.94. The van der Waals surface area contributed by atoms with Gasteiger partial charge in [0, 0.05) is 12.1 Å². The number of carbonyl (C=O) groups excluding carboxylic acids is 1. The van der Waals surface area contributed by atoms with Gasteiger partial charge in [-0.15, -0.1) is 0 Å². The number of hydrogen-bond donors (Lipinski definition) is 4. The summed E-state index contributed by atoms with van der Waals surface area (Å²) in [4.78, 5) is 19.5. The summed E-state index contributed by atoms with van der Waals surface area (Å²) >= 11 is 0.